The molecular formula is C22H29N3O3. The zero-order valence-electron chi connectivity index (χ0n) is 16.7. The highest BCUT2D eigenvalue weighted by molar-refractivity contribution is 5.93. The number of aromatic nitrogens is 2. The van der Waals surface area contributed by atoms with Crippen molar-refractivity contribution in [1.29, 1.82) is 0 Å². The minimum absolute atomic E-state index is 0.124. The van der Waals surface area contributed by atoms with Crippen molar-refractivity contribution in [3.8, 4) is 0 Å². The lowest BCUT2D eigenvalue weighted by Crippen LogP contribution is -2.50. The van der Waals surface area contributed by atoms with Crippen molar-refractivity contribution >= 4 is 11.9 Å². The number of ether oxygens (including phenoxy) is 1. The van der Waals surface area contributed by atoms with Crippen molar-refractivity contribution in [3.63, 3.8) is 0 Å². The highest BCUT2D eigenvalue weighted by Crippen LogP contribution is 2.37. The quantitative estimate of drug-likeness (QED) is 0.742. The third-order valence-corrected chi connectivity index (χ3v) is 5.46. The molecule has 6 nitrogen and oxygen atoms in total. The number of likely N-dealkylation sites (tertiary alicyclic amines) is 1. The zero-order chi connectivity index (χ0) is 20.0. The van der Waals surface area contributed by atoms with E-state index in [4.69, 9.17) is 4.74 Å². The molecule has 1 saturated heterocycles. The van der Waals surface area contributed by atoms with E-state index in [-0.39, 0.29) is 11.9 Å². The Morgan fingerprint density at radius 3 is 2.75 bits per heavy atom. The molecule has 150 valence electrons. The zero-order valence-corrected chi connectivity index (χ0v) is 16.7. The lowest BCUT2D eigenvalue weighted by atomic mass is 9.75. The van der Waals surface area contributed by atoms with Crippen molar-refractivity contribution in [1.82, 2.24) is 15.1 Å². The number of aromatic amines is 1. The maximum Gasteiger partial charge on any atom is 0.313 e. The Bertz CT molecular complexity index is 802. The molecule has 3 rings (SSSR count). The highest BCUT2D eigenvalue weighted by atomic mass is 16.5. The lowest BCUT2D eigenvalue weighted by Gasteiger charge is -2.40. The second-order valence-electron chi connectivity index (χ2n) is 7.61. The van der Waals surface area contributed by atoms with E-state index in [9.17, 15) is 9.59 Å². The topological polar surface area (TPSA) is 75.3 Å². The summed E-state index contributed by atoms with van der Waals surface area (Å²) in [6.45, 7) is 5.09. The molecule has 1 aliphatic heterocycles. The van der Waals surface area contributed by atoms with Crippen LogP contribution in [0.25, 0.3) is 0 Å². The Labute approximate surface area is 166 Å². The average molecular weight is 383 g/mol. The Balaban J connectivity index is 1.72. The van der Waals surface area contributed by atoms with Crippen LogP contribution in [0.1, 0.15) is 54.4 Å². The molecule has 1 fully saturated rings. The first-order valence-corrected chi connectivity index (χ1v) is 10.1. The van der Waals surface area contributed by atoms with Gasteiger partial charge in [-0.3, -0.25) is 14.7 Å². The predicted octanol–water partition coefficient (Wildman–Crippen LogP) is 3.53. The normalized spacial score (nSPS) is 19.4. The fourth-order valence-electron chi connectivity index (χ4n) is 4.03. The minimum Gasteiger partial charge on any atom is -0.466 e. The number of H-pyrrole nitrogens is 1. The van der Waals surface area contributed by atoms with Crippen LogP contribution in [0.2, 0.25) is 0 Å². The number of hydrogen-bond donors (Lipinski definition) is 1. The smallest absolute Gasteiger partial charge is 0.313 e. The van der Waals surface area contributed by atoms with Gasteiger partial charge < -0.3 is 9.64 Å². The van der Waals surface area contributed by atoms with Gasteiger partial charge in [-0.1, -0.05) is 30.3 Å². The SMILES string of the molecule is CCOC(=O)[C@@]1(CCCc2ccccc2)CCCN(C(=O)c2cc(C)[nH]n2)C1. The van der Waals surface area contributed by atoms with Crippen molar-refractivity contribution in [2.24, 2.45) is 5.41 Å². The van der Waals surface area contributed by atoms with Gasteiger partial charge in [-0.15, -0.1) is 0 Å². The Morgan fingerprint density at radius 1 is 1.29 bits per heavy atom. The van der Waals surface area contributed by atoms with Crippen LogP contribution >= 0.6 is 0 Å². The van der Waals surface area contributed by atoms with Crippen LogP contribution < -0.4 is 0 Å². The molecule has 28 heavy (non-hydrogen) atoms. The molecule has 0 spiro atoms. The molecule has 1 amide bonds. The van der Waals surface area contributed by atoms with Gasteiger partial charge in [0.25, 0.3) is 5.91 Å². The minimum atomic E-state index is -0.635. The number of benzene rings is 1. The van der Waals surface area contributed by atoms with Gasteiger partial charge in [-0.05, 0) is 57.6 Å². The lowest BCUT2D eigenvalue weighted by molar-refractivity contribution is -0.159. The number of carbonyl (C=O) groups is 2. The highest BCUT2D eigenvalue weighted by Gasteiger charge is 2.44. The van der Waals surface area contributed by atoms with Gasteiger partial charge in [0, 0.05) is 18.8 Å². The van der Waals surface area contributed by atoms with E-state index in [0.717, 1.165) is 31.4 Å². The molecule has 0 unspecified atom stereocenters. The van der Waals surface area contributed by atoms with Gasteiger partial charge in [0.15, 0.2) is 0 Å². The molecule has 1 aromatic carbocycles. The van der Waals surface area contributed by atoms with Gasteiger partial charge in [0.2, 0.25) is 0 Å². The van der Waals surface area contributed by atoms with Gasteiger partial charge in [0.1, 0.15) is 5.69 Å². The molecule has 2 aromatic rings. The van der Waals surface area contributed by atoms with Gasteiger partial charge in [0.05, 0.1) is 12.0 Å². The second-order valence-corrected chi connectivity index (χ2v) is 7.61. The van der Waals surface area contributed by atoms with E-state index in [0.29, 0.717) is 31.8 Å². The molecule has 6 heteroatoms. The van der Waals surface area contributed by atoms with E-state index >= 15 is 0 Å². The maximum absolute atomic E-state index is 12.9. The number of nitrogens with one attached hydrogen (secondary N) is 1. The Hall–Kier alpha value is -2.63. The molecule has 1 aliphatic rings. The van der Waals surface area contributed by atoms with Crippen molar-refractivity contribution in [2.45, 2.75) is 46.0 Å². The first kappa shape index (κ1) is 20.1. The van der Waals surface area contributed by atoms with Gasteiger partial charge in [-0.25, -0.2) is 0 Å². The summed E-state index contributed by atoms with van der Waals surface area (Å²) in [5.74, 6) is -0.306. The van der Waals surface area contributed by atoms with Crippen LogP contribution in [0.5, 0.6) is 0 Å². The Morgan fingerprint density at radius 2 is 2.07 bits per heavy atom. The van der Waals surface area contributed by atoms with Gasteiger partial charge >= 0.3 is 5.97 Å². The Kier molecular flexibility index (Phi) is 6.49. The fraction of sp³-hybridized carbons (Fsp3) is 0.500. The summed E-state index contributed by atoms with van der Waals surface area (Å²) in [5, 5.41) is 6.91. The van der Waals surface area contributed by atoms with Crippen LogP contribution in [-0.4, -0.2) is 46.7 Å². The summed E-state index contributed by atoms with van der Waals surface area (Å²) < 4.78 is 5.43. The van der Waals surface area contributed by atoms with E-state index in [1.165, 1.54) is 5.56 Å². The number of carbonyl (C=O) groups excluding carboxylic acids is 2. The average Bonchev–Trinajstić information content (AvgIpc) is 3.15. The summed E-state index contributed by atoms with van der Waals surface area (Å²) in [4.78, 5) is 27.5. The number of esters is 1. The van der Waals surface area contributed by atoms with E-state index < -0.39 is 5.41 Å². The molecule has 1 atom stereocenters. The second kappa shape index (κ2) is 9.04. The number of hydrogen-bond acceptors (Lipinski definition) is 4. The van der Waals surface area contributed by atoms with Crippen LogP contribution in [-0.2, 0) is 16.0 Å². The molecule has 0 saturated carbocycles. The van der Waals surface area contributed by atoms with Crippen molar-refractivity contribution < 1.29 is 14.3 Å². The van der Waals surface area contributed by atoms with Crippen molar-refractivity contribution in [3.05, 3.63) is 53.3 Å². The summed E-state index contributed by atoms with van der Waals surface area (Å²) in [6, 6.07) is 12.0. The number of amides is 1. The fourth-order valence-corrected chi connectivity index (χ4v) is 4.03. The van der Waals surface area contributed by atoms with Crippen LogP contribution in [0, 0.1) is 12.3 Å². The number of nitrogens with zero attached hydrogens (tertiary/aromatic N) is 2. The number of rotatable bonds is 7. The standard InChI is InChI=1S/C22H29N3O3/c1-3-28-21(27)22(12-7-11-18-9-5-4-6-10-18)13-8-14-25(16-22)20(26)19-15-17(2)23-24-19/h4-6,9-10,15H,3,7-8,11-14,16H2,1-2H3,(H,23,24)/t22-/m0/s1. The molecule has 0 aliphatic carbocycles. The van der Waals surface area contributed by atoms with Crippen molar-refractivity contribution in [2.75, 3.05) is 19.7 Å². The maximum atomic E-state index is 12.9. The van der Waals surface area contributed by atoms with E-state index in [1.54, 1.807) is 11.0 Å². The van der Waals surface area contributed by atoms with E-state index in [2.05, 4.69) is 22.3 Å². The van der Waals surface area contributed by atoms with Gasteiger partial charge in [-0.2, -0.15) is 5.10 Å². The molecule has 1 aromatic heterocycles. The largest absolute Gasteiger partial charge is 0.466 e. The van der Waals surface area contributed by atoms with Crippen LogP contribution in [0.3, 0.4) is 0 Å². The first-order valence-electron chi connectivity index (χ1n) is 10.1. The third-order valence-electron chi connectivity index (χ3n) is 5.46. The van der Waals surface area contributed by atoms with Crippen LogP contribution in [0.4, 0.5) is 0 Å². The monoisotopic (exact) mass is 383 g/mol. The predicted molar refractivity (Wildman–Crippen MR) is 107 cm³/mol. The summed E-state index contributed by atoms with van der Waals surface area (Å²) >= 11 is 0. The summed E-state index contributed by atoms with van der Waals surface area (Å²) in [5.41, 5.74) is 1.88. The molecular weight excluding hydrogens is 354 g/mol. The molecule has 0 bridgehead atoms. The van der Waals surface area contributed by atoms with Crippen LogP contribution in [0.15, 0.2) is 36.4 Å². The number of aryl methyl sites for hydroxylation is 2. The molecule has 0 radical (unpaired) electrons. The summed E-state index contributed by atoms with van der Waals surface area (Å²) in [7, 11) is 0. The first-order chi connectivity index (χ1) is 13.5. The molecule has 1 N–H and O–H groups in total. The van der Waals surface area contributed by atoms with E-state index in [1.807, 2.05) is 32.0 Å². The summed E-state index contributed by atoms with van der Waals surface area (Å²) in [6.07, 6.45) is 4.05. The molecule has 2 heterocycles. The number of piperidine rings is 1. The third kappa shape index (κ3) is 4.61.